The molecule has 0 unspecified atom stereocenters. The smallest absolute Gasteiger partial charge is 0.325 e. The van der Waals surface area contributed by atoms with E-state index in [0.29, 0.717) is 5.56 Å². The molecule has 6 heteroatoms. The first-order valence-electron chi connectivity index (χ1n) is 9.87. The summed E-state index contributed by atoms with van der Waals surface area (Å²) >= 11 is 0. The highest BCUT2D eigenvalue weighted by atomic mass is 16.4. The van der Waals surface area contributed by atoms with Crippen molar-refractivity contribution in [1.82, 2.24) is 9.47 Å². The first kappa shape index (κ1) is 19.0. The molecule has 2 heterocycles. The van der Waals surface area contributed by atoms with Crippen molar-refractivity contribution in [1.29, 1.82) is 0 Å². The molecule has 4 rings (SSSR count). The van der Waals surface area contributed by atoms with Gasteiger partial charge < -0.3 is 14.8 Å². The Balaban J connectivity index is 1.80. The van der Waals surface area contributed by atoms with Gasteiger partial charge in [-0.15, -0.1) is 0 Å². The quantitative estimate of drug-likeness (QED) is 0.820. The number of carbonyl (C=O) groups is 2. The van der Waals surface area contributed by atoms with Crippen molar-refractivity contribution in [3.05, 3.63) is 36.0 Å². The van der Waals surface area contributed by atoms with Gasteiger partial charge in [0.2, 0.25) is 0 Å². The van der Waals surface area contributed by atoms with Crippen molar-refractivity contribution in [2.45, 2.75) is 58.7 Å². The molecular formula is C22H28N2O4. The second-order valence-electron chi connectivity index (χ2n) is 9.75. The summed E-state index contributed by atoms with van der Waals surface area (Å²) in [7, 11) is 0. The van der Waals surface area contributed by atoms with Gasteiger partial charge in [0.25, 0.3) is 0 Å². The summed E-state index contributed by atoms with van der Waals surface area (Å²) in [5.74, 6) is -1.81. The highest BCUT2D eigenvalue weighted by molar-refractivity contribution is 5.90. The number of fused-ring (bicyclic) bond motifs is 3. The summed E-state index contributed by atoms with van der Waals surface area (Å²) in [5.41, 5.74) is 1.78. The minimum absolute atomic E-state index is 0.125. The zero-order valence-electron chi connectivity index (χ0n) is 16.7. The normalized spacial score (nSPS) is 27.8. The van der Waals surface area contributed by atoms with E-state index < -0.39 is 18.0 Å². The van der Waals surface area contributed by atoms with Gasteiger partial charge in [-0.2, -0.15) is 0 Å². The molecule has 3 atom stereocenters. The van der Waals surface area contributed by atoms with Gasteiger partial charge in [0.15, 0.2) is 0 Å². The molecule has 150 valence electrons. The van der Waals surface area contributed by atoms with Gasteiger partial charge in [-0.05, 0) is 36.2 Å². The van der Waals surface area contributed by atoms with Gasteiger partial charge in [0, 0.05) is 35.2 Å². The van der Waals surface area contributed by atoms with Gasteiger partial charge in [0.05, 0.1) is 0 Å². The van der Waals surface area contributed by atoms with E-state index in [4.69, 9.17) is 0 Å². The van der Waals surface area contributed by atoms with E-state index in [1.54, 1.807) is 10.8 Å². The van der Waals surface area contributed by atoms with Gasteiger partial charge in [-0.1, -0.05) is 39.0 Å². The maximum Gasteiger partial charge on any atom is 0.325 e. The molecule has 1 aromatic heterocycles. The molecule has 28 heavy (non-hydrogen) atoms. The van der Waals surface area contributed by atoms with Crippen molar-refractivity contribution in [2.75, 3.05) is 6.54 Å². The van der Waals surface area contributed by atoms with Crippen LogP contribution in [0.2, 0.25) is 0 Å². The lowest BCUT2D eigenvalue weighted by atomic mass is 9.65. The number of rotatable bonds is 5. The first-order chi connectivity index (χ1) is 13.1. The highest BCUT2D eigenvalue weighted by Crippen LogP contribution is 2.54. The van der Waals surface area contributed by atoms with E-state index in [0.717, 1.165) is 36.7 Å². The zero-order chi connectivity index (χ0) is 20.3. The molecule has 1 saturated heterocycles. The Labute approximate surface area is 164 Å². The molecule has 2 fully saturated rings. The number of hydrogen-bond donors (Lipinski definition) is 2. The fourth-order valence-corrected chi connectivity index (χ4v) is 6.03. The Morgan fingerprint density at radius 1 is 1.18 bits per heavy atom. The van der Waals surface area contributed by atoms with E-state index in [2.05, 4.69) is 25.7 Å². The standard InChI is InChI=1S/C22H28N2O4/c1-21(2)8-14-9-22(3,12-21)13-24(14)19(20(27)28)16-10-23(11-18(25)26)17-7-5-4-6-15(16)17/h4-7,10,14,19H,8-9,11-13H2,1-3H3,(H,25,26)(H,27,28)/t14-,19+,22+/m1/s1. The van der Waals surface area contributed by atoms with Crippen molar-refractivity contribution in [3.63, 3.8) is 0 Å². The molecule has 2 N–H and O–H groups in total. The third kappa shape index (κ3) is 3.20. The van der Waals surface area contributed by atoms with Crippen molar-refractivity contribution >= 4 is 22.8 Å². The third-order valence-electron chi connectivity index (χ3n) is 6.44. The number of nitrogens with zero attached hydrogens (tertiary/aromatic N) is 2. The number of hydrogen-bond acceptors (Lipinski definition) is 3. The molecule has 1 saturated carbocycles. The Hall–Kier alpha value is -2.34. The lowest BCUT2D eigenvalue weighted by Crippen LogP contribution is -2.39. The molecule has 0 amide bonds. The molecular weight excluding hydrogens is 356 g/mol. The van der Waals surface area contributed by atoms with Crippen LogP contribution in [-0.2, 0) is 16.1 Å². The number of benzene rings is 1. The second kappa shape index (κ2) is 6.34. The van der Waals surface area contributed by atoms with Crippen LogP contribution in [0.4, 0.5) is 0 Å². The van der Waals surface area contributed by atoms with Crippen LogP contribution in [0.25, 0.3) is 10.9 Å². The topological polar surface area (TPSA) is 82.8 Å². The molecule has 2 aliphatic rings. The fraction of sp³-hybridized carbons (Fsp3) is 0.545. The van der Waals surface area contributed by atoms with E-state index in [9.17, 15) is 19.8 Å². The summed E-state index contributed by atoms with van der Waals surface area (Å²) in [4.78, 5) is 25.9. The van der Waals surface area contributed by atoms with E-state index in [1.165, 1.54) is 0 Å². The Kier molecular flexibility index (Phi) is 4.30. The number of aliphatic carboxylic acids is 2. The van der Waals surface area contributed by atoms with E-state index in [-0.39, 0.29) is 23.4 Å². The second-order valence-corrected chi connectivity index (χ2v) is 9.75. The molecule has 1 aliphatic carbocycles. The summed E-state index contributed by atoms with van der Waals surface area (Å²) < 4.78 is 1.65. The largest absolute Gasteiger partial charge is 0.480 e. The summed E-state index contributed by atoms with van der Waals surface area (Å²) in [5, 5.41) is 20.3. The van der Waals surface area contributed by atoms with Gasteiger partial charge in [-0.3, -0.25) is 14.5 Å². The number of likely N-dealkylation sites (tertiary alicyclic amines) is 1. The lowest BCUT2D eigenvalue weighted by Gasteiger charge is -2.40. The summed E-state index contributed by atoms with van der Waals surface area (Å²) in [6.07, 6.45) is 4.83. The number of para-hydroxylation sites is 1. The van der Waals surface area contributed by atoms with Crippen LogP contribution in [0, 0.1) is 10.8 Å². The SMILES string of the molecule is CC1(C)C[C@@H]2C[C@](C)(CN2[C@H](C(=O)O)c2cn(CC(=O)O)c3ccccc23)C1. The average molecular weight is 384 g/mol. The lowest BCUT2D eigenvalue weighted by molar-refractivity contribution is -0.144. The Morgan fingerprint density at radius 3 is 2.57 bits per heavy atom. The van der Waals surface area contributed by atoms with Gasteiger partial charge in [-0.25, -0.2) is 0 Å². The third-order valence-corrected chi connectivity index (χ3v) is 6.44. The van der Waals surface area contributed by atoms with Gasteiger partial charge >= 0.3 is 11.9 Å². The van der Waals surface area contributed by atoms with Crippen molar-refractivity contribution in [2.24, 2.45) is 10.8 Å². The molecule has 1 aliphatic heterocycles. The summed E-state index contributed by atoms with van der Waals surface area (Å²) in [6.45, 7) is 7.40. The monoisotopic (exact) mass is 384 g/mol. The zero-order valence-corrected chi connectivity index (χ0v) is 16.7. The van der Waals surface area contributed by atoms with Crippen molar-refractivity contribution in [3.8, 4) is 0 Å². The maximum absolute atomic E-state index is 12.4. The first-order valence-corrected chi connectivity index (χ1v) is 9.87. The average Bonchev–Trinajstić information content (AvgIpc) is 3.02. The van der Waals surface area contributed by atoms with Crippen molar-refractivity contribution < 1.29 is 19.8 Å². The summed E-state index contributed by atoms with van der Waals surface area (Å²) in [6, 6.07) is 6.95. The maximum atomic E-state index is 12.4. The van der Waals surface area contributed by atoms with Crippen LogP contribution in [-0.4, -0.2) is 44.2 Å². The Bertz CT molecular complexity index is 947. The molecule has 0 spiro atoms. The van der Waals surface area contributed by atoms with Crippen LogP contribution >= 0.6 is 0 Å². The van der Waals surface area contributed by atoms with E-state index >= 15 is 0 Å². The predicted molar refractivity (Wildman–Crippen MR) is 106 cm³/mol. The number of carboxylic acid groups (broad SMARTS) is 2. The minimum atomic E-state index is -0.939. The fourth-order valence-electron chi connectivity index (χ4n) is 6.03. The van der Waals surface area contributed by atoms with Crippen LogP contribution < -0.4 is 0 Å². The van der Waals surface area contributed by atoms with Crippen LogP contribution in [0.15, 0.2) is 30.5 Å². The van der Waals surface area contributed by atoms with Crippen LogP contribution in [0.5, 0.6) is 0 Å². The molecule has 6 nitrogen and oxygen atoms in total. The number of carboxylic acids is 2. The number of aromatic nitrogens is 1. The minimum Gasteiger partial charge on any atom is -0.480 e. The molecule has 2 bridgehead atoms. The predicted octanol–water partition coefficient (Wildman–Crippen LogP) is 3.75. The van der Waals surface area contributed by atoms with Crippen LogP contribution in [0.3, 0.4) is 0 Å². The van der Waals surface area contributed by atoms with Gasteiger partial charge in [0.1, 0.15) is 12.6 Å². The molecule has 1 aromatic carbocycles. The molecule has 0 radical (unpaired) electrons. The molecule has 2 aromatic rings. The van der Waals surface area contributed by atoms with E-state index in [1.807, 2.05) is 24.3 Å². The Morgan fingerprint density at radius 2 is 1.89 bits per heavy atom. The highest BCUT2D eigenvalue weighted by Gasteiger charge is 2.52. The van der Waals surface area contributed by atoms with Crippen LogP contribution in [0.1, 0.15) is 51.6 Å².